The standard InChI is InChI=1S/C13H25N3O3/c1-13(2,11(17)18)15-12(19)14-7-4-10-5-8-16(3)9-6-10/h10H,4-9H2,1-3H3,(H,17,18)(H2,14,15,19). The number of carbonyl (C=O) groups excluding carboxylic acids is 1. The number of amides is 2. The normalized spacial score (nSPS) is 18.1. The number of rotatable bonds is 5. The number of aliphatic carboxylic acids is 1. The van der Waals surface area contributed by atoms with E-state index in [1.54, 1.807) is 0 Å². The van der Waals surface area contributed by atoms with Crippen LogP contribution in [0.25, 0.3) is 0 Å². The highest BCUT2D eigenvalue weighted by Crippen LogP contribution is 2.18. The lowest BCUT2D eigenvalue weighted by molar-refractivity contribution is -0.142. The minimum Gasteiger partial charge on any atom is -0.480 e. The number of nitrogens with one attached hydrogen (secondary N) is 2. The number of nitrogens with zero attached hydrogens (tertiary/aromatic N) is 1. The van der Waals surface area contributed by atoms with E-state index in [9.17, 15) is 9.59 Å². The molecule has 0 aromatic carbocycles. The van der Waals surface area contributed by atoms with Gasteiger partial charge in [-0.3, -0.25) is 0 Å². The Hall–Kier alpha value is -1.30. The Labute approximate surface area is 114 Å². The van der Waals surface area contributed by atoms with Crippen LogP contribution < -0.4 is 10.6 Å². The first-order valence-corrected chi connectivity index (χ1v) is 6.79. The van der Waals surface area contributed by atoms with Crippen molar-refractivity contribution >= 4 is 12.0 Å². The molecule has 1 saturated heterocycles. The van der Waals surface area contributed by atoms with Crippen molar-refractivity contribution in [2.24, 2.45) is 5.92 Å². The van der Waals surface area contributed by atoms with E-state index < -0.39 is 17.5 Å². The molecule has 0 atom stereocenters. The Morgan fingerprint density at radius 3 is 2.42 bits per heavy atom. The highest BCUT2D eigenvalue weighted by molar-refractivity contribution is 5.85. The van der Waals surface area contributed by atoms with Crippen LogP contribution >= 0.6 is 0 Å². The van der Waals surface area contributed by atoms with Gasteiger partial charge in [-0.15, -0.1) is 0 Å². The SMILES string of the molecule is CN1CCC(CCNC(=O)NC(C)(C)C(=O)O)CC1. The van der Waals surface area contributed by atoms with Crippen LogP contribution in [-0.2, 0) is 4.79 Å². The fourth-order valence-electron chi connectivity index (χ4n) is 2.12. The molecule has 1 aliphatic heterocycles. The molecule has 1 heterocycles. The van der Waals surface area contributed by atoms with E-state index in [1.807, 2.05) is 0 Å². The maximum absolute atomic E-state index is 11.6. The molecular weight excluding hydrogens is 246 g/mol. The van der Waals surface area contributed by atoms with Crippen molar-refractivity contribution in [3.8, 4) is 0 Å². The highest BCUT2D eigenvalue weighted by Gasteiger charge is 2.28. The van der Waals surface area contributed by atoms with Crippen molar-refractivity contribution in [1.29, 1.82) is 0 Å². The van der Waals surface area contributed by atoms with Gasteiger partial charge in [0.2, 0.25) is 0 Å². The monoisotopic (exact) mass is 271 g/mol. The van der Waals surface area contributed by atoms with Gasteiger partial charge in [-0.1, -0.05) is 0 Å². The Bertz CT molecular complexity index is 323. The number of hydrogen-bond donors (Lipinski definition) is 3. The highest BCUT2D eigenvalue weighted by atomic mass is 16.4. The zero-order valence-electron chi connectivity index (χ0n) is 12.0. The quantitative estimate of drug-likeness (QED) is 0.693. The van der Waals surface area contributed by atoms with Crippen LogP contribution in [0.5, 0.6) is 0 Å². The number of carboxylic acid groups (broad SMARTS) is 1. The van der Waals surface area contributed by atoms with Crippen LogP contribution in [0.15, 0.2) is 0 Å². The number of carbonyl (C=O) groups is 2. The Balaban J connectivity index is 2.19. The molecule has 1 aliphatic rings. The molecule has 2 amide bonds. The van der Waals surface area contributed by atoms with Gasteiger partial charge in [-0.05, 0) is 59.2 Å². The smallest absolute Gasteiger partial charge is 0.328 e. The van der Waals surface area contributed by atoms with Crippen molar-refractivity contribution < 1.29 is 14.7 Å². The Morgan fingerprint density at radius 1 is 1.32 bits per heavy atom. The molecule has 0 unspecified atom stereocenters. The van der Waals surface area contributed by atoms with E-state index >= 15 is 0 Å². The van der Waals surface area contributed by atoms with Gasteiger partial charge in [0.1, 0.15) is 5.54 Å². The fourth-order valence-corrected chi connectivity index (χ4v) is 2.12. The largest absolute Gasteiger partial charge is 0.480 e. The van der Waals surface area contributed by atoms with Crippen molar-refractivity contribution in [1.82, 2.24) is 15.5 Å². The van der Waals surface area contributed by atoms with Crippen molar-refractivity contribution in [2.45, 2.75) is 38.6 Å². The van der Waals surface area contributed by atoms with Gasteiger partial charge in [0.15, 0.2) is 0 Å². The summed E-state index contributed by atoms with van der Waals surface area (Å²) in [6.45, 7) is 5.75. The summed E-state index contributed by atoms with van der Waals surface area (Å²) in [6, 6.07) is -0.416. The molecular formula is C13H25N3O3. The van der Waals surface area contributed by atoms with Crippen LogP contribution in [-0.4, -0.2) is 54.2 Å². The number of urea groups is 1. The van der Waals surface area contributed by atoms with E-state index in [0.717, 1.165) is 19.5 Å². The molecule has 110 valence electrons. The Kier molecular flexibility index (Phi) is 5.60. The maximum atomic E-state index is 11.6. The summed E-state index contributed by atoms with van der Waals surface area (Å²) in [5, 5.41) is 14.1. The summed E-state index contributed by atoms with van der Waals surface area (Å²) < 4.78 is 0. The van der Waals surface area contributed by atoms with Crippen LogP contribution in [0, 0.1) is 5.92 Å². The van der Waals surface area contributed by atoms with Gasteiger partial charge in [-0.25, -0.2) is 9.59 Å². The molecule has 0 aromatic heterocycles. The van der Waals surface area contributed by atoms with Crippen LogP contribution in [0.4, 0.5) is 4.79 Å². The van der Waals surface area contributed by atoms with Crippen LogP contribution in [0.2, 0.25) is 0 Å². The molecule has 0 aliphatic carbocycles. The van der Waals surface area contributed by atoms with Gasteiger partial charge in [0.05, 0.1) is 0 Å². The summed E-state index contributed by atoms with van der Waals surface area (Å²) in [6.07, 6.45) is 3.29. The van der Waals surface area contributed by atoms with E-state index in [4.69, 9.17) is 5.11 Å². The molecule has 0 bridgehead atoms. The molecule has 6 heteroatoms. The lowest BCUT2D eigenvalue weighted by Gasteiger charge is -2.29. The average Bonchev–Trinajstić information content (AvgIpc) is 2.31. The third-order valence-electron chi connectivity index (χ3n) is 3.64. The third kappa shape index (κ3) is 5.46. The van der Waals surface area contributed by atoms with Crippen molar-refractivity contribution in [2.75, 3.05) is 26.7 Å². The second-order valence-corrected chi connectivity index (χ2v) is 5.85. The maximum Gasteiger partial charge on any atom is 0.328 e. The lowest BCUT2D eigenvalue weighted by Crippen LogP contribution is -2.53. The number of piperidine rings is 1. The molecule has 0 spiro atoms. The molecule has 1 fully saturated rings. The second kappa shape index (κ2) is 6.75. The minimum atomic E-state index is -1.24. The van der Waals surface area contributed by atoms with E-state index in [2.05, 4.69) is 22.6 Å². The first-order chi connectivity index (χ1) is 8.81. The molecule has 0 saturated carbocycles. The lowest BCUT2D eigenvalue weighted by atomic mass is 9.94. The topological polar surface area (TPSA) is 81.7 Å². The van der Waals surface area contributed by atoms with Crippen molar-refractivity contribution in [3.63, 3.8) is 0 Å². The fraction of sp³-hybridized carbons (Fsp3) is 0.846. The van der Waals surface area contributed by atoms with Gasteiger partial charge >= 0.3 is 12.0 Å². The van der Waals surface area contributed by atoms with E-state index in [-0.39, 0.29) is 0 Å². The van der Waals surface area contributed by atoms with Crippen molar-refractivity contribution in [3.05, 3.63) is 0 Å². The first-order valence-electron chi connectivity index (χ1n) is 6.79. The zero-order chi connectivity index (χ0) is 14.5. The van der Waals surface area contributed by atoms with Gasteiger partial charge in [0.25, 0.3) is 0 Å². The van der Waals surface area contributed by atoms with Crippen LogP contribution in [0.1, 0.15) is 33.1 Å². The molecule has 6 nitrogen and oxygen atoms in total. The van der Waals surface area contributed by atoms with E-state index in [0.29, 0.717) is 12.5 Å². The molecule has 3 N–H and O–H groups in total. The van der Waals surface area contributed by atoms with Gasteiger partial charge < -0.3 is 20.6 Å². The summed E-state index contributed by atoms with van der Waals surface area (Å²) in [4.78, 5) is 24.7. The average molecular weight is 271 g/mol. The van der Waals surface area contributed by atoms with Gasteiger partial charge in [0, 0.05) is 6.54 Å². The predicted molar refractivity (Wildman–Crippen MR) is 73.1 cm³/mol. The van der Waals surface area contributed by atoms with Gasteiger partial charge in [-0.2, -0.15) is 0 Å². The van der Waals surface area contributed by atoms with Crippen LogP contribution in [0.3, 0.4) is 0 Å². The molecule has 19 heavy (non-hydrogen) atoms. The first kappa shape index (κ1) is 15.8. The number of carboxylic acids is 1. The molecule has 0 aromatic rings. The predicted octanol–water partition coefficient (Wildman–Crippen LogP) is 0.881. The second-order valence-electron chi connectivity index (χ2n) is 5.85. The summed E-state index contributed by atoms with van der Waals surface area (Å²) in [5.74, 6) is -0.387. The third-order valence-corrected chi connectivity index (χ3v) is 3.64. The Morgan fingerprint density at radius 2 is 1.89 bits per heavy atom. The molecule has 0 radical (unpaired) electrons. The number of likely N-dealkylation sites (tertiary alicyclic amines) is 1. The molecule has 1 rings (SSSR count). The van der Waals surface area contributed by atoms with E-state index in [1.165, 1.54) is 26.7 Å². The zero-order valence-corrected chi connectivity index (χ0v) is 12.0. The summed E-state index contributed by atoms with van der Waals surface area (Å²) >= 11 is 0. The summed E-state index contributed by atoms with van der Waals surface area (Å²) in [5.41, 5.74) is -1.24. The summed E-state index contributed by atoms with van der Waals surface area (Å²) in [7, 11) is 2.12. The minimum absolute atomic E-state index is 0.416. The number of hydrogen-bond acceptors (Lipinski definition) is 3.